The van der Waals surface area contributed by atoms with E-state index in [0.717, 1.165) is 55.7 Å². The standard InChI is InChI=1S/C20H25NO3/c1-2-14-3-6-18-16(10-20(22)24-19(18)9-14)12-21(17-4-5-17)11-15-7-8-23-13-15/h3,6,9-10,15,17H,2,4-5,7-8,11-13H2,1H3. The van der Waals surface area contributed by atoms with E-state index in [1.807, 2.05) is 6.07 Å². The van der Waals surface area contributed by atoms with Gasteiger partial charge in [-0.25, -0.2) is 4.79 Å². The van der Waals surface area contributed by atoms with E-state index in [-0.39, 0.29) is 5.63 Å². The van der Waals surface area contributed by atoms with E-state index in [2.05, 4.69) is 24.0 Å². The molecule has 0 N–H and O–H groups in total. The number of aryl methyl sites for hydroxylation is 1. The minimum Gasteiger partial charge on any atom is -0.423 e. The molecule has 1 aromatic heterocycles. The fourth-order valence-electron chi connectivity index (χ4n) is 3.69. The molecule has 1 atom stereocenters. The molecular formula is C20H25NO3. The highest BCUT2D eigenvalue weighted by Gasteiger charge is 2.32. The Morgan fingerprint density at radius 2 is 2.08 bits per heavy atom. The molecule has 2 aliphatic rings. The lowest BCUT2D eigenvalue weighted by Gasteiger charge is -2.25. The highest BCUT2D eigenvalue weighted by Crippen LogP contribution is 2.31. The number of nitrogens with zero attached hydrogens (tertiary/aromatic N) is 1. The van der Waals surface area contributed by atoms with Gasteiger partial charge in [0.1, 0.15) is 5.58 Å². The van der Waals surface area contributed by atoms with E-state index < -0.39 is 0 Å². The minimum atomic E-state index is -0.245. The van der Waals surface area contributed by atoms with Crippen LogP contribution in [-0.2, 0) is 17.7 Å². The SMILES string of the molecule is CCc1ccc2c(CN(CC3CCOC3)C3CC3)cc(=O)oc2c1. The van der Waals surface area contributed by atoms with Gasteiger partial charge in [-0.1, -0.05) is 19.1 Å². The summed E-state index contributed by atoms with van der Waals surface area (Å²) >= 11 is 0. The third-order valence-electron chi connectivity index (χ3n) is 5.26. The van der Waals surface area contributed by atoms with Gasteiger partial charge in [0.15, 0.2) is 0 Å². The van der Waals surface area contributed by atoms with E-state index in [9.17, 15) is 4.79 Å². The fraction of sp³-hybridized carbons (Fsp3) is 0.550. The maximum absolute atomic E-state index is 12.0. The fourth-order valence-corrected chi connectivity index (χ4v) is 3.69. The van der Waals surface area contributed by atoms with Crippen LogP contribution in [0.4, 0.5) is 0 Å². The van der Waals surface area contributed by atoms with Crippen molar-refractivity contribution in [2.45, 2.75) is 45.2 Å². The van der Waals surface area contributed by atoms with Crippen molar-refractivity contribution in [2.24, 2.45) is 5.92 Å². The molecule has 4 nitrogen and oxygen atoms in total. The Morgan fingerprint density at radius 1 is 1.21 bits per heavy atom. The number of hydrogen-bond acceptors (Lipinski definition) is 4. The molecule has 1 unspecified atom stereocenters. The summed E-state index contributed by atoms with van der Waals surface area (Å²) in [5, 5.41) is 1.07. The van der Waals surface area contributed by atoms with Gasteiger partial charge in [-0.15, -0.1) is 0 Å². The predicted octanol–water partition coefficient (Wildman–Crippen LogP) is 3.36. The Labute approximate surface area is 142 Å². The molecule has 4 heteroatoms. The molecule has 0 radical (unpaired) electrons. The van der Waals surface area contributed by atoms with E-state index in [0.29, 0.717) is 12.0 Å². The molecule has 1 aliphatic heterocycles. The number of ether oxygens (including phenoxy) is 1. The van der Waals surface area contributed by atoms with E-state index >= 15 is 0 Å². The highest BCUT2D eigenvalue weighted by molar-refractivity contribution is 5.80. The maximum atomic E-state index is 12.0. The zero-order valence-electron chi connectivity index (χ0n) is 14.3. The Kier molecular flexibility index (Phi) is 4.42. The smallest absolute Gasteiger partial charge is 0.336 e. The zero-order valence-corrected chi connectivity index (χ0v) is 14.3. The topological polar surface area (TPSA) is 42.7 Å². The van der Waals surface area contributed by atoms with Crippen LogP contribution in [-0.4, -0.2) is 30.7 Å². The van der Waals surface area contributed by atoms with Gasteiger partial charge in [-0.3, -0.25) is 4.90 Å². The summed E-state index contributed by atoms with van der Waals surface area (Å²) in [7, 11) is 0. The van der Waals surface area contributed by atoms with Crippen molar-refractivity contribution in [2.75, 3.05) is 19.8 Å². The van der Waals surface area contributed by atoms with Gasteiger partial charge < -0.3 is 9.15 Å². The first-order valence-corrected chi connectivity index (χ1v) is 9.10. The number of benzene rings is 1. The van der Waals surface area contributed by atoms with Crippen molar-refractivity contribution in [3.8, 4) is 0 Å². The lowest BCUT2D eigenvalue weighted by atomic mass is 10.0. The Hall–Kier alpha value is -1.65. The van der Waals surface area contributed by atoms with Crippen LogP contribution in [0, 0.1) is 5.92 Å². The van der Waals surface area contributed by atoms with Crippen molar-refractivity contribution in [1.82, 2.24) is 4.90 Å². The molecule has 2 aromatic rings. The van der Waals surface area contributed by atoms with Crippen LogP contribution in [0.5, 0.6) is 0 Å². The molecule has 1 saturated carbocycles. The Bertz CT molecular complexity index is 772. The van der Waals surface area contributed by atoms with Crippen LogP contribution in [0.15, 0.2) is 33.5 Å². The van der Waals surface area contributed by atoms with Gasteiger partial charge in [-0.05, 0) is 48.8 Å². The number of rotatable bonds is 6. The molecule has 128 valence electrons. The normalized spacial score (nSPS) is 21.0. The number of hydrogen-bond donors (Lipinski definition) is 0. The molecule has 2 fully saturated rings. The summed E-state index contributed by atoms with van der Waals surface area (Å²) in [4.78, 5) is 14.6. The molecule has 0 amide bonds. The average molecular weight is 327 g/mol. The van der Waals surface area contributed by atoms with Crippen LogP contribution < -0.4 is 5.63 Å². The molecule has 1 saturated heterocycles. The van der Waals surface area contributed by atoms with Crippen LogP contribution in [0.25, 0.3) is 11.0 Å². The van der Waals surface area contributed by atoms with Gasteiger partial charge >= 0.3 is 5.63 Å². The summed E-state index contributed by atoms with van der Waals surface area (Å²) in [5.41, 5.74) is 2.77. The van der Waals surface area contributed by atoms with Crippen LogP contribution >= 0.6 is 0 Å². The quantitative estimate of drug-likeness (QED) is 0.763. The van der Waals surface area contributed by atoms with Crippen molar-refractivity contribution >= 4 is 11.0 Å². The molecule has 1 aromatic carbocycles. The van der Waals surface area contributed by atoms with Crippen LogP contribution in [0.1, 0.15) is 37.3 Å². The summed E-state index contributed by atoms with van der Waals surface area (Å²) in [6.07, 6.45) is 4.64. The molecule has 0 bridgehead atoms. The predicted molar refractivity (Wildman–Crippen MR) is 94.2 cm³/mol. The van der Waals surface area contributed by atoms with Gasteiger partial charge in [-0.2, -0.15) is 0 Å². The largest absolute Gasteiger partial charge is 0.423 e. The van der Waals surface area contributed by atoms with E-state index in [1.54, 1.807) is 6.07 Å². The van der Waals surface area contributed by atoms with Gasteiger partial charge in [0.2, 0.25) is 0 Å². The van der Waals surface area contributed by atoms with Gasteiger partial charge in [0, 0.05) is 37.2 Å². The van der Waals surface area contributed by atoms with E-state index in [1.165, 1.54) is 18.4 Å². The Morgan fingerprint density at radius 3 is 2.79 bits per heavy atom. The van der Waals surface area contributed by atoms with Crippen LogP contribution in [0.3, 0.4) is 0 Å². The van der Waals surface area contributed by atoms with Gasteiger partial charge in [0.25, 0.3) is 0 Å². The average Bonchev–Trinajstić information content (AvgIpc) is 3.31. The summed E-state index contributed by atoms with van der Waals surface area (Å²) in [6.45, 7) is 5.78. The monoisotopic (exact) mass is 327 g/mol. The summed E-state index contributed by atoms with van der Waals surface area (Å²) in [5.74, 6) is 0.628. The first-order chi connectivity index (χ1) is 11.7. The second kappa shape index (κ2) is 6.69. The van der Waals surface area contributed by atoms with Crippen LogP contribution in [0.2, 0.25) is 0 Å². The number of fused-ring (bicyclic) bond motifs is 1. The Balaban J connectivity index is 1.63. The maximum Gasteiger partial charge on any atom is 0.336 e. The lowest BCUT2D eigenvalue weighted by molar-refractivity contribution is 0.161. The van der Waals surface area contributed by atoms with Gasteiger partial charge in [0.05, 0.1) is 6.61 Å². The molecule has 24 heavy (non-hydrogen) atoms. The summed E-state index contributed by atoms with van der Waals surface area (Å²) < 4.78 is 11.0. The third-order valence-corrected chi connectivity index (χ3v) is 5.26. The molecular weight excluding hydrogens is 302 g/mol. The lowest BCUT2D eigenvalue weighted by Crippen LogP contribution is -2.31. The zero-order chi connectivity index (χ0) is 16.5. The molecule has 4 rings (SSSR count). The molecule has 1 aliphatic carbocycles. The third kappa shape index (κ3) is 3.40. The molecule has 2 heterocycles. The molecule has 0 spiro atoms. The highest BCUT2D eigenvalue weighted by atomic mass is 16.5. The van der Waals surface area contributed by atoms with Crippen molar-refractivity contribution in [3.63, 3.8) is 0 Å². The van der Waals surface area contributed by atoms with E-state index in [4.69, 9.17) is 9.15 Å². The second-order valence-electron chi connectivity index (χ2n) is 7.16. The van der Waals surface area contributed by atoms with Crippen molar-refractivity contribution < 1.29 is 9.15 Å². The van der Waals surface area contributed by atoms with Crippen molar-refractivity contribution in [1.29, 1.82) is 0 Å². The minimum absolute atomic E-state index is 0.245. The second-order valence-corrected chi connectivity index (χ2v) is 7.16. The first kappa shape index (κ1) is 15.9. The first-order valence-electron chi connectivity index (χ1n) is 9.10. The van der Waals surface area contributed by atoms with Crippen molar-refractivity contribution in [3.05, 3.63) is 45.8 Å². The summed E-state index contributed by atoms with van der Waals surface area (Å²) in [6, 6.07) is 8.60.